The first-order valence-corrected chi connectivity index (χ1v) is 16.3. The number of aryl methyl sites for hydroxylation is 1. The smallest absolute Gasteiger partial charge is 0.337 e. The zero-order valence-corrected chi connectivity index (χ0v) is 26.2. The van der Waals surface area contributed by atoms with E-state index < -0.39 is 0 Å². The molecule has 0 atom stereocenters. The Balaban J connectivity index is 1.49. The van der Waals surface area contributed by atoms with Gasteiger partial charge in [0, 0.05) is 37.4 Å². The van der Waals surface area contributed by atoms with Crippen molar-refractivity contribution < 1.29 is 9.53 Å². The van der Waals surface area contributed by atoms with Gasteiger partial charge in [-0.1, -0.05) is 38.3 Å². The van der Waals surface area contributed by atoms with E-state index in [0.717, 1.165) is 68.0 Å². The van der Waals surface area contributed by atoms with Crippen LogP contribution in [-0.4, -0.2) is 33.0 Å². The van der Waals surface area contributed by atoms with E-state index in [4.69, 9.17) is 14.7 Å². The van der Waals surface area contributed by atoms with Crippen LogP contribution in [-0.2, 0) is 11.2 Å². The summed E-state index contributed by atoms with van der Waals surface area (Å²) in [5.74, 6) is -0.362. The molecule has 0 fully saturated rings. The Labute approximate surface area is 266 Å². The second-order valence-corrected chi connectivity index (χ2v) is 12.6. The summed E-state index contributed by atoms with van der Waals surface area (Å²) < 4.78 is 4.96. The molecule has 7 heteroatoms. The van der Waals surface area contributed by atoms with Crippen molar-refractivity contribution in [3.63, 3.8) is 0 Å². The molecule has 0 saturated carbocycles. The number of hydrogen-bond donors (Lipinski definition) is 2. The number of H-pyrrole nitrogens is 2. The minimum atomic E-state index is -0.362. The molecule has 0 unspecified atom stereocenters. The largest absolute Gasteiger partial charge is 0.465 e. The molecule has 2 aliphatic rings. The van der Waals surface area contributed by atoms with E-state index in [0.29, 0.717) is 5.56 Å². The number of hydrogen-bond acceptors (Lipinski definition) is 5. The summed E-state index contributed by atoms with van der Waals surface area (Å²) in [4.78, 5) is 32.0. The van der Waals surface area contributed by atoms with Gasteiger partial charge in [-0.15, -0.1) is 11.3 Å². The van der Waals surface area contributed by atoms with E-state index in [2.05, 4.69) is 59.4 Å². The minimum Gasteiger partial charge on any atom is -0.465 e. The van der Waals surface area contributed by atoms with E-state index in [1.807, 2.05) is 66.0 Å². The lowest BCUT2D eigenvalue weighted by Gasteiger charge is -2.07. The number of aromatic amines is 2. The van der Waals surface area contributed by atoms with Gasteiger partial charge in [0.15, 0.2) is 0 Å². The predicted octanol–water partition coefficient (Wildman–Crippen LogP) is 9.96. The number of aromatic nitrogens is 4. The third-order valence-electron chi connectivity index (χ3n) is 8.13. The quantitative estimate of drug-likeness (QED) is 0.132. The summed E-state index contributed by atoms with van der Waals surface area (Å²) in [7, 11) is 1.40. The van der Waals surface area contributed by atoms with E-state index in [1.54, 1.807) is 0 Å². The van der Waals surface area contributed by atoms with Gasteiger partial charge in [-0.25, -0.2) is 14.8 Å². The second kappa shape index (κ2) is 12.5. The molecule has 45 heavy (non-hydrogen) atoms. The molecule has 224 valence electrons. The number of fused-ring (bicyclic) bond motifs is 8. The molecule has 0 spiro atoms. The molecule has 0 aliphatic carbocycles. The number of unbranched alkanes of at least 4 members (excludes halogenated alkanes) is 3. The van der Waals surface area contributed by atoms with Crippen molar-refractivity contribution in [2.75, 3.05) is 7.11 Å². The molecule has 6 heterocycles. The van der Waals surface area contributed by atoms with Crippen molar-refractivity contribution in [2.45, 2.75) is 39.0 Å². The first-order chi connectivity index (χ1) is 22.1. The summed E-state index contributed by atoms with van der Waals surface area (Å²) in [5.41, 5.74) is 10.9. The van der Waals surface area contributed by atoms with Gasteiger partial charge >= 0.3 is 5.97 Å². The van der Waals surface area contributed by atoms with Gasteiger partial charge in [0.25, 0.3) is 0 Å². The number of benzene rings is 1. The van der Waals surface area contributed by atoms with Gasteiger partial charge in [-0.05, 0) is 103 Å². The summed E-state index contributed by atoms with van der Waals surface area (Å²) in [6.07, 6.45) is 14.3. The van der Waals surface area contributed by atoms with Gasteiger partial charge in [-0.2, -0.15) is 0 Å². The average molecular weight is 611 g/mol. The van der Waals surface area contributed by atoms with Crippen LogP contribution in [0.4, 0.5) is 0 Å². The lowest BCUT2D eigenvalue weighted by molar-refractivity contribution is 0.0600. The molecule has 2 N–H and O–H groups in total. The van der Waals surface area contributed by atoms with Crippen molar-refractivity contribution in [1.82, 2.24) is 19.9 Å². The Bertz CT molecular complexity index is 2110. The summed E-state index contributed by atoms with van der Waals surface area (Å²) in [6, 6.07) is 24.6. The van der Waals surface area contributed by atoms with Gasteiger partial charge < -0.3 is 14.7 Å². The minimum absolute atomic E-state index is 0.362. The lowest BCUT2D eigenvalue weighted by Crippen LogP contribution is -2.00. The van der Waals surface area contributed by atoms with Crippen LogP contribution in [0.25, 0.3) is 67.9 Å². The molecule has 2 aliphatic heterocycles. The predicted molar refractivity (Wildman–Crippen MR) is 187 cm³/mol. The number of esters is 1. The van der Waals surface area contributed by atoms with Crippen LogP contribution in [0.2, 0.25) is 0 Å². The second-order valence-electron chi connectivity index (χ2n) is 11.4. The summed E-state index contributed by atoms with van der Waals surface area (Å²) in [5, 5.41) is 0. The fourth-order valence-corrected chi connectivity index (χ4v) is 6.94. The van der Waals surface area contributed by atoms with Crippen LogP contribution in [0.1, 0.15) is 70.6 Å². The first-order valence-electron chi connectivity index (χ1n) is 15.5. The molecule has 1 aromatic carbocycles. The van der Waals surface area contributed by atoms with E-state index in [9.17, 15) is 4.79 Å². The molecule has 8 bridgehead atoms. The highest BCUT2D eigenvalue weighted by molar-refractivity contribution is 7.15. The van der Waals surface area contributed by atoms with Crippen LogP contribution < -0.4 is 0 Å². The molecule has 0 saturated heterocycles. The number of nitrogens with zero attached hydrogens (tertiary/aromatic N) is 2. The van der Waals surface area contributed by atoms with Gasteiger partial charge in [0.05, 0.1) is 41.0 Å². The van der Waals surface area contributed by atoms with Crippen molar-refractivity contribution in [3.8, 4) is 21.6 Å². The zero-order valence-electron chi connectivity index (χ0n) is 25.4. The molecule has 4 aromatic heterocycles. The number of rotatable bonds is 8. The maximum absolute atomic E-state index is 12.3. The monoisotopic (exact) mass is 610 g/mol. The Morgan fingerprint density at radius 1 is 0.756 bits per heavy atom. The van der Waals surface area contributed by atoms with Gasteiger partial charge in [-0.3, -0.25) is 0 Å². The highest BCUT2D eigenvalue weighted by Crippen LogP contribution is 2.39. The molecule has 0 radical (unpaired) electrons. The molecule has 0 amide bonds. The Kier molecular flexibility index (Phi) is 8.01. The van der Waals surface area contributed by atoms with Crippen LogP contribution in [0.5, 0.6) is 0 Å². The molecular formula is C38H34N4O2S. The van der Waals surface area contributed by atoms with Crippen molar-refractivity contribution >= 4 is 63.7 Å². The van der Waals surface area contributed by atoms with E-state index >= 15 is 0 Å². The number of carbonyl (C=O) groups is 1. The molecular weight excluding hydrogens is 577 g/mol. The van der Waals surface area contributed by atoms with Crippen molar-refractivity contribution in [1.29, 1.82) is 0 Å². The maximum atomic E-state index is 12.3. The highest BCUT2D eigenvalue weighted by atomic mass is 32.1. The molecule has 6 nitrogen and oxygen atoms in total. The Morgan fingerprint density at radius 3 is 2.20 bits per heavy atom. The zero-order chi connectivity index (χ0) is 30.8. The third kappa shape index (κ3) is 6.17. The number of methoxy groups -OCH3 is 1. The normalized spacial score (nSPS) is 12.1. The van der Waals surface area contributed by atoms with E-state index in [-0.39, 0.29) is 5.97 Å². The number of nitrogens with one attached hydrogen (secondary N) is 2. The Morgan fingerprint density at radius 2 is 1.47 bits per heavy atom. The lowest BCUT2D eigenvalue weighted by atomic mass is 10.00. The van der Waals surface area contributed by atoms with Crippen LogP contribution in [0.3, 0.4) is 0 Å². The van der Waals surface area contributed by atoms with Gasteiger partial charge in [0.2, 0.25) is 0 Å². The maximum Gasteiger partial charge on any atom is 0.337 e. The fourth-order valence-electron chi connectivity index (χ4n) is 5.87. The van der Waals surface area contributed by atoms with Crippen LogP contribution in [0, 0.1) is 0 Å². The SMILES string of the molecule is CCCCCCc1ccc(-c2cc3cc4nc(cc5ccc(cc6nc(c(-c7ccc(C(=O)OC)cc7)c2[nH]3)C=C6)[nH]5)C=C4)s1. The van der Waals surface area contributed by atoms with E-state index in [1.165, 1.54) is 42.5 Å². The number of thiophene rings is 1. The number of ether oxygens (including phenoxy) is 1. The summed E-state index contributed by atoms with van der Waals surface area (Å²) in [6.45, 7) is 2.25. The van der Waals surface area contributed by atoms with Crippen LogP contribution >= 0.6 is 11.3 Å². The number of carbonyl (C=O) groups excluding carboxylic acids is 1. The summed E-state index contributed by atoms with van der Waals surface area (Å²) >= 11 is 1.85. The average Bonchev–Trinajstić information content (AvgIpc) is 3.89. The van der Waals surface area contributed by atoms with Crippen molar-refractivity contribution in [2.24, 2.45) is 0 Å². The third-order valence-corrected chi connectivity index (χ3v) is 9.31. The first kappa shape index (κ1) is 28.7. The van der Waals surface area contributed by atoms with Crippen LogP contribution in [0.15, 0.2) is 72.8 Å². The topological polar surface area (TPSA) is 83.7 Å². The Hall–Kier alpha value is -5.01. The van der Waals surface area contributed by atoms with Gasteiger partial charge in [0.1, 0.15) is 0 Å². The molecule has 7 rings (SSSR count). The van der Waals surface area contributed by atoms with Crippen molar-refractivity contribution in [3.05, 3.63) is 106 Å². The fraction of sp³-hybridized carbons (Fsp3) is 0.184. The standard InChI is InChI=1S/C38H34N4O2S/c1-3-4-5-6-7-32-17-19-35(45-32)33-23-31-22-29-15-14-27(40-29)20-26-12-13-28(39-26)21-30-16-18-34(41-30)36(37(33)42-31)24-8-10-25(11-9-24)38(43)44-2/h8-23,39,42H,3-7H2,1-2H3. The highest BCUT2D eigenvalue weighted by Gasteiger charge is 2.17. The molecule has 5 aromatic rings.